The van der Waals surface area contributed by atoms with Crippen molar-refractivity contribution in [1.29, 1.82) is 0 Å². The van der Waals surface area contributed by atoms with Crippen LogP contribution < -0.4 is 10.6 Å². The lowest BCUT2D eigenvalue weighted by Gasteiger charge is -2.13. The van der Waals surface area contributed by atoms with Crippen molar-refractivity contribution in [2.45, 2.75) is 5.25 Å². The Labute approximate surface area is 157 Å². The van der Waals surface area contributed by atoms with Gasteiger partial charge in [0.1, 0.15) is 0 Å². The summed E-state index contributed by atoms with van der Waals surface area (Å²) in [6.07, 6.45) is 0. The molecule has 2 amide bonds. The lowest BCUT2D eigenvalue weighted by Crippen LogP contribution is -2.30. The van der Waals surface area contributed by atoms with Gasteiger partial charge in [0.25, 0.3) is 0 Å². The third-order valence-corrected chi connectivity index (χ3v) is 5.60. The Morgan fingerprint density at radius 3 is 1.96 bits per heavy atom. The highest BCUT2D eigenvalue weighted by atomic mass is 32.2. The van der Waals surface area contributed by atoms with Crippen LogP contribution in [0.3, 0.4) is 0 Å². The van der Waals surface area contributed by atoms with Gasteiger partial charge >= 0.3 is 0 Å². The lowest BCUT2D eigenvalue weighted by molar-refractivity contribution is -0.119. The monoisotopic (exact) mass is 396 g/mol. The standard InChI is InChI=1S/C15H28N2O6S2/c18-9-13-10-24-11-14(19)16-1-3-21-5-7-23-8-6-22-4-2-17-15(20)12-25-13/h13,18H,1-12H2,(H,16,19)(H,17,20). The minimum absolute atomic E-state index is 0.0243. The Bertz CT molecular complexity index is 376. The number of rotatable bonds is 1. The van der Waals surface area contributed by atoms with Crippen molar-refractivity contribution in [3.8, 4) is 0 Å². The van der Waals surface area contributed by atoms with Gasteiger partial charge in [0.05, 0.1) is 57.8 Å². The average Bonchev–Trinajstić information content (AvgIpc) is 2.61. The van der Waals surface area contributed by atoms with Crippen LogP contribution >= 0.6 is 23.5 Å². The average molecular weight is 397 g/mol. The number of hydrogen-bond donors (Lipinski definition) is 3. The van der Waals surface area contributed by atoms with Gasteiger partial charge in [-0.2, -0.15) is 11.8 Å². The van der Waals surface area contributed by atoms with Crippen LogP contribution in [0.1, 0.15) is 0 Å². The molecular formula is C15H28N2O6S2. The molecule has 146 valence electrons. The van der Waals surface area contributed by atoms with Gasteiger partial charge in [0.15, 0.2) is 0 Å². The summed E-state index contributed by atoms with van der Waals surface area (Å²) in [5.41, 5.74) is 0. The largest absolute Gasteiger partial charge is 0.395 e. The first kappa shape index (κ1) is 22.5. The van der Waals surface area contributed by atoms with Gasteiger partial charge in [-0.25, -0.2) is 0 Å². The van der Waals surface area contributed by atoms with Gasteiger partial charge < -0.3 is 30.0 Å². The molecule has 0 radical (unpaired) electrons. The summed E-state index contributed by atoms with van der Waals surface area (Å²) < 4.78 is 16.1. The third-order valence-electron chi connectivity index (χ3n) is 3.07. The number of carbonyl (C=O) groups is 2. The normalized spacial score (nSPS) is 24.6. The molecule has 0 saturated carbocycles. The number of carbonyl (C=O) groups excluding carboxylic acids is 2. The maximum atomic E-state index is 11.7. The van der Waals surface area contributed by atoms with E-state index in [-0.39, 0.29) is 29.4 Å². The molecule has 0 aliphatic carbocycles. The number of thioether (sulfide) groups is 2. The summed E-state index contributed by atoms with van der Waals surface area (Å²) in [5.74, 6) is 1.06. The molecule has 1 aliphatic heterocycles. The zero-order chi connectivity index (χ0) is 18.2. The van der Waals surface area contributed by atoms with Crippen LogP contribution in [0.5, 0.6) is 0 Å². The van der Waals surface area contributed by atoms with Crippen molar-refractivity contribution in [2.75, 3.05) is 76.6 Å². The summed E-state index contributed by atoms with van der Waals surface area (Å²) >= 11 is 2.83. The quantitative estimate of drug-likeness (QED) is 0.524. The van der Waals surface area contributed by atoms with E-state index in [1.807, 2.05) is 0 Å². The zero-order valence-electron chi connectivity index (χ0n) is 14.4. The van der Waals surface area contributed by atoms with Gasteiger partial charge in [-0.3, -0.25) is 9.59 Å². The van der Waals surface area contributed by atoms with Crippen LogP contribution in [0.15, 0.2) is 0 Å². The van der Waals surface area contributed by atoms with Crippen molar-refractivity contribution < 1.29 is 28.9 Å². The van der Waals surface area contributed by atoms with Crippen LogP contribution in [0, 0.1) is 0 Å². The van der Waals surface area contributed by atoms with E-state index in [9.17, 15) is 14.7 Å². The molecule has 1 saturated heterocycles. The lowest BCUT2D eigenvalue weighted by atomic mass is 10.5. The molecule has 1 atom stereocenters. The van der Waals surface area contributed by atoms with Crippen LogP contribution in [0.4, 0.5) is 0 Å². The highest BCUT2D eigenvalue weighted by molar-refractivity contribution is 8.04. The third kappa shape index (κ3) is 13.4. The Morgan fingerprint density at radius 1 is 0.880 bits per heavy atom. The minimum atomic E-state index is -0.0888. The summed E-state index contributed by atoms with van der Waals surface area (Å²) in [7, 11) is 0. The number of nitrogens with one attached hydrogen (secondary N) is 2. The second-order valence-electron chi connectivity index (χ2n) is 5.17. The van der Waals surface area contributed by atoms with Gasteiger partial charge in [-0.05, 0) is 0 Å². The fraction of sp³-hybridized carbons (Fsp3) is 0.867. The molecule has 1 heterocycles. The molecule has 1 rings (SSSR count). The first-order valence-corrected chi connectivity index (χ1v) is 10.5. The molecule has 0 aromatic rings. The minimum Gasteiger partial charge on any atom is -0.395 e. The molecule has 1 aliphatic rings. The fourth-order valence-electron chi connectivity index (χ4n) is 1.80. The fourth-order valence-corrected chi connectivity index (χ4v) is 3.84. The van der Waals surface area contributed by atoms with E-state index in [4.69, 9.17) is 14.2 Å². The molecule has 0 spiro atoms. The molecule has 25 heavy (non-hydrogen) atoms. The number of ether oxygens (including phenoxy) is 3. The molecular weight excluding hydrogens is 368 g/mol. The summed E-state index contributed by atoms with van der Waals surface area (Å²) in [6.45, 7) is 3.64. The van der Waals surface area contributed by atoms with E-state index < -0.39 is 0 Å². The van der Waals surface area contributed by atoms with E-state index in [1.54, 1.807) is 0 Å². The predicted octanol–water partition coefficient (Wildman–Crippen LogP) is -0.890. The van der Waals surface area contributed by atoms with Crippen molar-refractivity contribution in [1.82, 2.24) is 10.6 Å². The Hall–Kier alpha value is -0.520. The van der Waals surface area contributed by atoms with E-state index >= 15 is 0 Å². The smallest absolute Gasteiger partial charge is 0.230 e. The van der Waals surface area contributed by atoms with Crippen LogP contribution in [-0.4, -0.2) is 98.8 Å². The Balaban J connectivity index is 2.32. The van der Waals surface area contributed by atoms with E-state index in [0.29, 0.717) is 64.2 Å². The predicted molar refractivity (Wildman–Crippen MR) is 99.1 cm³/mol. The molecule has 0 aromatic heterocycles. The Morgan fingerprint density at radius 2 is 1.40 bits per heavy atom. The summed E-state index contributed by atoms with van der Waals surface area (Å²) in [6, 6.07) is 0. The highest BCUT2D eigenvalue weighted by Crippen LogP contribution is 2.16. The van der Waals surface area contributed by atoms with Crippen LogP contribution in [0.2, 0.25) is 0 Å². The molecule has 0 bridgehead atoms. The highest BCUT2D eigenvalue weighted by Gasteiger charge is 2.12. The number of amides is 2. The molecule has 1 fully saturated rings. The second kappa shape index (κ2) is 15.7. The molecule has 8 nitrogen and oxygen atoms in total. The van der Waals surface area contributed by atoms with E-state index in [1.165, 1.54) is 23.5 Å². The van der Waals surface area contributed by atoms with Crippen LogP contribution in [0.25, 0.3) is 0 Å². The zero-order valence-corrected chi connectivity index (χ0v) is 16.0. The molecule has 0 aromatic carbocycles. The molecule has 1 unspecified atom stereocenters. The SMILES string of the molecule is O=C1CSCC(CO)SCC(=O)NCCOCCOCCOCCN1. The van der Waals surface area contributed by atoms with E-state index in [2.05, 4.69) is 10.6 Å². The first-order valence-electron chi connectivity index (χ1n) is 8.29. The number of aliphatic hydroxyl groups is 1. The van der Waals surface area contributed by atoms with Gasteiger partial charge in [-0.15, -0.1) is 11.8 Å². The summed E-state index contributed by atoms with van der Waals surface area (Å²) in [4.78, 5) is 23.4. The molecule has 3 N–H and O–H groups in total. The Kier molecular flexibility index (Phi) is 14.2. The van der Waals surface area contributed by atoms with Gasteiger partial charge in [-0.1, -0.05) is 0 Å². The summed E-state index contributed by atoms with van der Waals surface area (Å²) in [5, 5.41) is 14.8. The van der Waals surface area contributed by atoms with Crippen molar-refractivity contribution in [2.24, 2.45) is 0 Å². The van der Waals surface area contributed by atoms with Crippen LogP contribution in [-0.2, 0) is 23.8 Å². The topological polar surface area (TPSA) is 106 Å². The second-order valence-corrected chi connectivity index (χ2v) is 7.49. The maximum Gasteiger partial charge on any atom is 0.230 e. The van der Waals surface area contributed by atoms with Crippen molar-refractivity contribution in [3.05, 3.63) is 0 Å². The van der Waals surface area contributed by atoms with Crippen molar-refractivity contribution >= 4 is 35.3 Å². The van der Waals surface area contributed by atoms with E-state index in [0.717, 1.165) is 0 Å². The van der Waals surface area contributed by atoms with Gasteiger partial charge in [0, 0.05) is 24.1 Å². The number of hydrogen-bond acceptors (Lipinski definition) is 8. The first-order chi connectivity index (χ1) is 12.2. The van der Waals surface area contributed by atoms with Gasteiger partial charge in [0.2, 0.25) is 11.8 Å². The van der Waals surface area contributed by atoms with Crippen molar-refractivity contribution in [3.63, 3.8) is 0 Å². The molecule has 10 heteroatoms. The number of aliphatic hydroxyl groups excluding tert-OH is 1. The maximum absolute atomic E-state index is 11.7.